The number of rotatable bonds is 3. The molecule has 20 heavy (non-hydrogen) atoms. The van der Waals surface area contributed by atoms with Gasteiger partial charge in [-0.05, 0) is 18.9 Å². The average molecular weight is 273 g/mol. The topological polar surface area (TPSA) is 77.3 Å². The fraction of sp³-hybridized carbons (Fsp3) is 0.357. The summed E-state index contributed by atoms with van der Waals surface area (Å²) in [6.07, 6.45) is 3.67. The maximum Gasteiger partial charge on any atom is 0.295 e. The highest BCUT2D eigenvalue weighted by molar-refractivity contribution is 5.96. The number of nitrogens with zero attached hydrogens (tertiary/aromatic N) is 2. The molecule has 3 rings (SSSR count). The van der Waals surface area contributed by atoms with Crippen molar-refractivity contribution in [2.45, 2.75) is 18.9 Å². The minimum absolute atomic E-state index is 0.0334. The molecule has 2 heterocycles. The monoisotopic (exact) mass is 273 g/mol. The lowest BCUT2D eigenvalue weighted by molar-refractivity contribution is -0.383. The number of pyridine rings is 1. The molecule has 0 aliphatic carbocycles. The molecule has 104 valence electrons. The van der Waals surface area contributed by atoms with Crippen molar-refractivity contribution in [2.24, 2.45) is 0 Å². The normalized spacial score (nSPS) is 18.9. The highest BCUT2D eigenvalue weighted by atomic mass is 16.6. The Kier molecular flexibility index (Phi) is 3.47. The van der Waals surface area contributed by atoms with Crippen LogP contribution in [0.4, 0.5) is 11.4 Å². The number of benzene rings is 1. The molecule has 1 fully saturated rings. The zero-order valence-corrected chi connectivity index (χ0v) is 10.9. The molecule has 1 saturated heterocycles. The summed E-state index contributed by atoms with van der Waals surface area (Å²) in [7, 11) is 0. The van der Waals surface area contributed by atoms with Crippen molar-refractivity contribution in [3.05, 3.63) is 40.6 Å². The van der Waals surface area contributed by atoms with Gasteiger partial charge in [-0.2, -0.15) is 0 Å². The van der Waals surface area contributed by atoms with Crippen LogP contribution in [0.15, 0.2) is 30.5 Å². The van der Waals surface area contributed by atoms with Gasteiger partial charge in [-0.15, -0.1) is 0 Å². The van der Waals surface area contributed by atoms with Gasteiger partial charge in [0.15, 0.2) is 0 Å². The van der Waals surface area contributed by atoms with Gasteiger partial charge in [0.25, 0.3) is 5.69 Å². The van der Waals surface area contributed by atoms with Crippen molar-refractivity contribution >= 4 is 22.3 Å². The van der Waals surface area contributed by atoms with Gasteiger partial charge in [-0.3, -0.25) is 10.1 Å². The van der Waals surface area contributed by atoms with Crippen LogP contribution in [0.3, 0.4) is 0 Å². The SMILES string of the molecule is O=[N+]([O-])c1cccc2c(NC3CCCOC3)ccnc12. The molecular weight excluding hydrogens is 258 g/mol. The second-order valence-corrected chi connectivity index (χ2v) is 4.85. The number of nitro benzene ring substituents is 1. The van der Waals surface area contributed by atoms with Crippen LogP contribution in [-0.4, -0.2) is 29.2 Å². The van der Waals surface area contributed by atoms with E-state index in [4.69, 9.17) is 4.74 Å². The first-order valence-corrected chi connectivity index (χ1v) is 6.62. The van der Waals surface area contributed by atoms with E-state index < -0.39 is 4.92 Å². The van der Waals surface area contributed by atoms with Crippen molar-refractivity contribution in [3.63, 3.8) is 0 Å². The third-order valence-electron chi connectivity index (χ3n) is 3.47. The first-order chi connectivity index (χ1) is 9.75. The Labute approximate surface area is 115 Å². The smallest absolute Gasteiger partial charge is 0.295 e. The van der Waals surface area contributed by atoms with Gasteiger partial charge < -0.3 is 10.1 Å². The van der Waals surface area contributed by atoms with Crippen molar-refractivity contribution < 1.29 is 9.66 Å². The van der Waals surface area contributed by atoms with E-state index in [0.29, 0.717) is 12.1 Å². The van der Waals surface area contributed by atoms with Crippen LogP contribution >= 0.6 is 0 Å². The summed E-state index contributed by atoms with van der Waals surface area (Å²) < 4.78 is 5.44. The van der Waals surface area contributed by atoms with Gasteiger partial charge in [0, 0.05) is 36.0 Å². The summed E-state index contributed by atoms with van der Waals surface area (Å²) in [6.45, 7) is 1.47. The summed E-state index contributed by atoms with van der Waals surface area (Å²) in [5.74, 6) is 0. The minimum Gasteiger partial charge on any atom is -0.379 e. The van der Waals surface area contributed by atoms with Gasteiger partial charge in [0.2, 0.25) is 0 Å². The molecule has 2 aromatic rings. The summed E-state index contributed by atoms with van der Waals surface area (Å²) in [6, 6.07) is 7.10. The number of anilines is 1. The van der Waals surface area contributed by atoms with Gasteiger partial charge >= 0.3 is 0 Å². The molecule has 0 amide bonds. The number of nitro groups is 1. The van der Waals surface area contributed by atoms with E-state index in [-0.39, 0.29) is 11.7 Å². The number of fused-ring (bicyclic) bond motifs is 1. The number of aromatic nitrogens is 1. The lowest BCUT2D eigenvalue weighted by atomic mass is 10.1. The maximum absolute atomic E-state index is 11.0. The largest absolute Gasteiger partial charge is 0.379 e. The molecule has 0 saturated carbocycles. The second kappa shape index (κ2) is 5.42. The quantitative estimate of drug-likeness (QED) is 0.687. The predicted octanol–water partition coefficient (Wildman–Crippen LogP) is 2.73. The number of hydrogen-bond donors (Lipinski definition) is 1. The Bertz CT molecular complexity index is 639. The number of non-ortho nitro benzene ring substituents is 1. The molecule has 0 spiro atoms. The Morgan fingerprint density at radius 2 is 2.30 bits per heavy atom. The molecule has 1 unspecified atom stereocenters. The van der Waals surface area contributed by atoms with E-state index in [0.717, 1.165) is 30.5 Å². The molecule has 1 aromatic carbocycles. The van der Waals surface area contributed by atoms with Crippen LogP contribution in [0.1, 0.15) is 12.8 Å². The van der Waals surface area contributed by atoms with Gasteiger partial charge in [0.1, 0.15) is 5.52 Å². The number of ether oxygens (including phenoxy) is 1. The number of hydrogen-bond acceptors (Lipinski definition) is 5. The fourth-order valence-electron chi connectivity index (χ4n) is 2.51. The van der Waals surface area contributed by atoms with E-state index >= 15 is 0 Å². The third-order valence-corrected chi connectivity index (χ3v) is 3.47. The molecule has 1 aromatic heterocycles. The van der Waals surface area contributed by atoms with Gasteiger partial charge in [0.05, 0.1) is 11.5 Å². The lowest BCUT2D eigenvalue weighted by Gasteiger charge is -2.24. The molecular formula is C14H15N3O3. The molecule has 6 nitrogen and oxygen atoms in total. The first-order valence-electron chi connectivity index (χ1n) is 6.62. The van der Waals surface area contributed by atoms with Crippen molar-refractivity contribution in [1.29, 1.82) is 0 Å². The molecule has 0 radical (unpaired) electrons. The average Bonchev–Trinajstić information content (AvgIpc) is 2.48. The maximum atomic E-state index is 11.0. The van der Waals surface area contributed by atoms with E-state index in [1.807, 2.05) is 12.1 Å². The second-order valence-electron chi connectivity index (χ2n) is 4.85. The van der Waals surface area contributed by atoms with Crippen molar-refractivity contribution in [1.82, 2.24) is 4.98 Å². The van der Waals surface area contributed by atoms with Crippen LogP contribution in [0, 0.1) is 10.1 Å². The van der Waals surface area contributed by atoms with Crippen LogP contribution in [0.5, 0.6) is 0 Å². The summed E-state index contributed by atoms with van der Waals surface area (Å²) in [4.78, 5) is 14.8. The molecule has 1 N–H and O–H groups in total. The molecule has 0 bridgehead atoms. The third kappa shape index (κ3) is 2.42. The van der Waals surface area contributed by atoms with E-state index in [9.17, 15) is 10.1 Å². The Morgan fingerprint density at radius 3 is 3.05 bits per heavy atom. The van der Waals surface area contributed by atoms with Crippen molar-refractivity contribution in [2.75, 3.05) is 18.5 Å². The van der Waals surface area contributed by atoms with Crippen LogP contribution in [0.25, 0.3) is 10.9 Å². The fourth-order valence-corrected chi connectivity index (χ4v) is 2.51. The van der Waals surface area contributed by atoms with E-state index in [1.54, 1.807) is 12.3 Å². The van der Waals surface area contributed by atoms with Gasteiger partial charge in [-0.1, -0.05) is 12.1 Å². The molecule has 1 atom stereocenters. The Hall–Kier alpha value is -2.21. The van der Waals surface area contributed by atoms with Crippen LogP contribution < -0.4 is 5.32 Å². The first kappa shape index (κ1) is 12.8. The van der Waals surface area contributed by atoms with E-state index in [2.05, 4.69) is 10.3 Å². The highest BCUT2D eigenvalue weighted by Gasteiger charge is 2.17. The Morgan fingerprint density at radius 1 is 1.40 bits per heavy atom. The zero-order valence-electron chi connectivity index (χ0n) is 10.9. The van der Waals surface area contributed by atoms with E-state index in [1.165, 1.54) is 6.07 Å². The van der Waals surface area contributed by atoms with Crippen molar-refractivity contribution in [3.8, 4) is 0 Å². The zero-order chi connectivity index (χ0) is 13.9. The molecule has 6 heteroatoms. The minimum atomic E-state index is -0.400. The van der Waals surface area contributed by atoms with Crippen LogP contribution in [0.2, 0.25) is 0 Å². The molecule has 1 aliphatic rings. The summed E-state index contributed by atoms with van der Waals surface area (Å²) >= 11 is 0. The standard InChI is InChI=1S/C14H15N3O3/c18-17(19)13-5-1-4-11-12(6-7-15-14(11)13)16-10-3-2-8-20-9-10/h1,4-7,10H,2-3,8-9H2,(H,15,16). The van der Waals surface area contributed by atoms with Gasteiger partial charge in [-0.25, -0.2) is 4.98 Å². The predicted molar refractivity (Wildman–Crippen MR) is 75.9 cm³/mol. The number of nitrogens with one attached hydrogen (secondary N) is 1. The highest BCUT2D eigenvalue weighted by Crippen LogP contribution is 2.29. The summed E-state index contributed by atoms with van der Waals surface area (Å²) in [5.41, 5.74) is 1.32. The summed E-state index contributed by atoms with van der Waals surface area (Å²) in [5, 5.41) is 15.2. The van der Waals surface area contributed by atoms with Crippen LogP contribution in [-0.2, 0) is 4.74 Å². The Balaban J connectivity index is 1.98. The lowest BCUT2D eigenvalue weighted by Crippen LogP contribution is -2.30. The molecule has 1 aliphatic heterocycles. The number of para-hydroxylation sites is 1.